The highest BCUT2D eigenvalue weighted by Crippen LogP contribution is 2.33. The van der Waals surface area contributed by atoms with Gasteiger partial charge in [0.25, 0.3) is 0 Å². The van der Waals surface area contributed by atoms with Crippen molar-refractivity contribution in [3.8, 4) is 0 Å². The minimum atomic E-state index is 0.954. The molecule has 9 heavy (non-hydrogen) atoms. The molecule has 2 saturated heterocycles. The number of rotatable bonds is 0. The van der Waals surface area contributed by atoms with E-state index in [-0.39, 0.29) is 0 Å². The summed E-state index contributed by atoms with van der Waals surface area (Å²) in [7, 11) is 2.27. The Hall–Kier alpha value is -0.0400. The smallest absolute Gasteiger partial charge is 0.00925 e. The summed E-state index contributed by atoms with van der Waals surface area (Å²) in [4.78, 5) is 2.54. The molecule has 0 radical (unpaired) electrons. The first kappa shape index (κ1) is 5.72. The SMILES string of the molecule is CN1CC2CCC1CC2. The molecule has 52 valence electrons. The molecule has 2 aliphatic heterocycles. The molecule has 2 heterocycles. The Balaban J connectivity index is 2.06. The molecule has 0 unspecified atom stereocenters. The van der Waals surface area contributed by atoms with Crippen LogP contribution in [0.15, 0.2) is 0 Å². The van der Waals surface area contributed by atoms with Crippen LogP contribution in [0.1, 0.15) is 25.7 Å². The largest absolute Gasteiger partial charge is 0.303 e. The maximum Gasteiger partial charge on any atom is 0.00925 e. The van der Waals surface area contributed by atoms with Gasteiger partial charge in [-0.15, -0.1) is 0 Å². The molecule has 0 aromatic carbocycles. The van der Waals surface area contributed by atoms with Crippen molar-refractivity contribution in [2.45, 2.75) is 31.7 Å². The van der Waals surface area contributed by atoms with Crippen molar-refractivity contribution in [1.82, 2.24) is 4.90 Å². The first-order chi connectivity index (χ1) is 4.36. The predicted molar refractivity (Wildman–Crippen MR) is 38.4 cm³/mol. The number of hydrogen-bond acceptors (Lipinski definition) is 1. The van der Waals surface area contributed by atoms with Gasteiger partial charge in [0.15, 0.2) is 0 Å². The molecule has 1 aliphatic carbocycles. The van der Waals surface area contributed by atoms with E-state index in [1.807, 2.05) is 0 Å². The van der Waals surface area contributed by atoms with Crippen LogP contribution in [0.4, 0.5) is 0 Å². The van der Waals surface area contributed by atoms with Crippen LogP contribution >= 0.6 is 0 Å². The van der Waals surface area contributed by atoms with Crippen LogP contribution in [0.25, 0.3) is 0 Å². The molecule has 3 rings (SSSR count). The molecule has 0 aromatic rings. The fraction of sp³-hybridized carbons (Fsp3) is 1.00. The number of fused-ring (bicyclic) bond motifs is 3. The lowest BCUT2D eigenvalue weighted by Gasteiger charge is -2.43. The van der Waals surface area contributed by atoms with Crippen molar-refractivity contribution in [1.29, 1.82) is 0 Å². The molecular weight excluding hydrogens is 110 g/mol. The average molecular weight is 125 g/mol. The summed E-state index contributed by atoms with van der Waals surface area (Å²) in [6, 6.07) is 0.954. The maximum atomic E-state index is 2.54. The Morgan fingerprint density at radius 3 is 2.00 bits per heavy atom. The van der Waals surface area contributed by atoms with Gasteiger partial charge in [0.1, 0.15) is 0 Å². The second kappa shape index (κ2) is 1.98. The summed E-state index contributed by atoms with van der Waals surface area (Å²) in [5.41, 5.74) is 0. The van der Waals surface area contributed by atoms with Crippen LogP contribution in [-0.4, -0.2) is 24.5 Å². The summed E-state index contributed by atoms with van der Waals surface area (Å²) in [6.07, 6.45) is 5.96. The van der Waals surface area contributed by atoms with E-state index in [1.165, 1.54) is 32.2 Å². The minimum Gasteiger partial charge on any atom is -0.303 e. The van der Waals surface area contributed by atoms with Crippen molar-refractivity contribution < 1.29 is 0 Å². The summed E-state index contributed by atoms with van der Waals surface area (Å²) in [5, 5.41) is 0. The van der Waals surface area contributed by atoms with E-state index in [1.54, 1.807) is 0 Å². The highest BCUT2D eigenvalue weighted by Gasteiger charge is 2.30. The molecule has 3 fully saturated rings. The van der Waals surface area contributed by atoms with Crippen molar-refractivity contribution in [3.63, 3.8) is 0 Å². The van der Waals surface area contributed by atoms with Crippen LogP contribution in [0.2, 0.25) is 0 Å². The first-order valence-electron chi connectivity index (χ1n) is 4.06. The van der Waals surface area contributed by atoms with Crippen molar-refractivity contribution in [2.24, 2.45) is 5.92 Å². The summed E-state index contributed by atoms with van der Waals surface area (Å²) in [5.74, 6) is 1.06. The zero-order valence-electron chi connectivity index (χ0n) is 6.14. The standard InChI is InChI=1S/C8H15N/c1-9-6-7-2-4-8(9)5-3-7/h7-8H,2-6H2,1H3. The minimum absolute atomic E-state index is 0.954. The number of hydrogen-bond donors (Lipinski definition) is 0. The monoisotopic (exact) mass is 125 g/mol. The van der Waals surface area contributed by atoms with Gasteiger partial charge in [0.2, 0.25) is 0 Å². The van der Waals surface area contributed by atoms with Gasteiger partial charge in [-0.1, -0.05) is 0 Å². The molecule has 1 saturated carbocycles. The second-order valence-corrected chi connectivity index (χ2v) is 3.61. The quantitative estimate of drug-likeness (QED) is 0.474. The lowest BCUT2D eigenvalue weighted by atomic mass is 9.80. The van der Waals surface area contributed by atoms with Crippen molar-refractivity contribution >= 4 is 0 Å². The molecule has 0 N–H and O–H groups in total. The van der Waals surface area contributed by atoms with Crippen LogP contribution in [-0.2, 0) is 0 Å². The van der Waals surface area contributed by atoms with E-state index >= 15 is 0 Å². The van der Waals surface area contributed by atoms with Gasteiger partial charge < -0.3 is 4.90 Å². The van der Waals surface area contributed by atoms with E-state index in [2.05, 4.69) is 11.9 Å². The molecular formula is C8H15N. The van der Waals surface area contributed by atoms with Gasteiger partial charge >= 0.3 is 0 Å². The normalized spacial score (nSPS) is 43.7. The lowest BCUT2D eigenvalue weighted by molar-refractivity contribution is 0.0727. The summed E-state index contributed by atoms with van der Waals surface area (Å²) in [6.45, 7) is 1.38. The molecule has 0 atom stereocenters. The van der Waals surface area contributed by atoms with E-state index in [0.29, 0.717) is 0 Å². The fourth-order valence-electron chi connectivity index (χ4n) is 2.32. The Labute approximate surface area is 57.0 Å². The zero-order valence-corrected chi connectivity index (χ0v) is 6.14. The molecule has 0 amide bonds. The van der Waals surface area contributed by atoms with Gasteiger partial charge in [-0.3, -0.25) is 0 Å². The van der Waals surface area contributed by atoms with Gasteiger partial charge in [-0.05, 0) is 38.6 Å². The Kier molecular flexibility index (Phi) is 1.26. The van der Waals surface area contributed by atoms with Crippen LogP contribution in [0.3, 0.4) is 0 Å². The third kappa shape index (κ3) is 0.877. The molecule has 1 nitrogen and oxygen atoms in total. The number of nitrogens with zero attached hydrogens (tertiary/aromatic N) is 1. The molecule has 1 heteroatoms. The molecule has 0 aromatic heterocycles. The first-order valence-corrected chi connectivity index (χ1v) is 4.06. The Bertz CT molecular complexity index is 103. The molecule has 2 bridgehead atoms. The highest BCUT2D eigenvalue weighted by molar-refractivity contribution is 4.85. The van der Waals surface area contributed by atoms with E-state index in [4.69, 9.17) is 0 Å². The Morgan fingerprint density at radius 1 is 1.11 bits per heavy atom. The summed E-state index contributed by atoms with van der Waals surface area (Å²) < 4.78 is 0. The third-order valence-electron chi connectivity index (χ3n) is 2.99. The van der Waals surface area contributed by atoms with Crippen LogP contribution in [0, 0.1) is 5.92 Å². The fourth-order valence-corrected chi connectivity index (χ4v) is 2.32. The van der Waals surface area contributed by atoms with Crippen molar-refractivity contribution in [3.05, 3.63) is 0 Å². The maximum absolute atomic E-state index is 2.54. The molecule has 3 aliphatic rings. The molecule has 0 spiro atoms. The predicted octanol–water partition coefficient (Wildman–Crippen LogP) is 1.49. The van der Waals surface area contributed by atoms with Crippen LogP contribution in [0.5, 0.6) is 0 Å². The number of piperidine rings is 2. The van der Waals surface area contributed by atoms with E-state index < -0.39 is 0 Å². The van der Waals surface area contributed by atoms with E-state index in [0.717, 1.165) is 12.0 Å². The van der Waals surface area contributed by atoms with Gasteiger partial charge in [0.05, 0.1) is 0 Å². The van der Waals surface area contributed by atoms with Gasteiger partial charge in [0, 0.05) is 12.6 Å². The zero-order chi connectivity index (χ0) is 6.27. The van der Waals surface area contributed by atoms with Gasteiger partial charge in [-0.2, -0.15) is 0 Å². The van der Waals surface area contributed by atoms with Crippen LogP contribution < -0.4 is 0 Å². The van der Waals surface area contributed by atoms with Gasteiger partial charge in [-0.25, -0.2) is 0 Å². The Morgan fingerprint density at radius 2 is 1.78 bits per heavy atom. The highest BCUT2D eigenvalue weighted by atomic mass is 15.1. The summed E-state index contributed by atoms with van der Waals surface area (Å²) >= 11 is 0. The third-order valence-corrected chi connectivity index (χ3v) is 2.99. The average Bonchev–Trinajstić information content (AvgIpc) is 1.90. The second-order valence-electron chi connectivity index (χ2n) is 3.61. The lowest BCUT2D eigenvalue weighted by Crippen LogP contribution is -2.45. The topological polar surface area (TPSA) is 3.24 Å². The van der Waals surface area contributed by atoms with Crippen molar-refractivity contribution in [2.75, 3.05) is 13.6 Å². The van der Waals surface area contributed by atoms with E-state index in [9.17, 15) is 0 Å².